The number of hydrazine groups is 1. The minimum absolute atomic E-state index is 0.00687. The molecule has 0 saturated heterocycles. The van der Waals surface area contributed by atoms with Gasteiger partial charge in [-0.05, 0) is 42.7 Å². The normalized spacial score (nSPS) is 18.9. The lowest BCUT2D eigenvalue weighted by molar-refractivity contribution is -0.121. The molecule has 1 fully saturated rings. The average molecular weight is 328 g/mol. The van der Waals surface area contributed by atoms with Gasteiger partial charge in [0.05, 0.1) is 0 Å². The lowest BCUT2D eigenvalue weighted by Crippen LogP contribution is -2.41. The van der Waals surface area contributed by atoms with Crippen LogP contribution in [0.3, 0.4) is 0 Å². The fourth-order valence-corrected chi connectivity index (χ4v) is 2.59. The first-order chi connectivity index (χ1) is 11.5. The third-order valence-electron chi connectivity index (χ3n) is 4.18. The van der Waals surface area contributed by atoms with Crippen molar-refractivity contribution in [2.24, 2.45) is 5.92 Å². The molecule has 2 atom stereocenters. The Kier molecular flexibility index (Phi) is 4.55. The van der Waals surface area contributed by atoms with Crippen molar-refractivity contribution in [2.75, 3.05) is 0 Å². The van der Waals surface area contributed by atoms with Gasteiger partial charge in [-0.2, -0.15) is 0 Å². The first kappa shape index (κ1) is 16.1. The van der Waals surface area contributed by atoms with Gasteiger partial charge >= 0.3 is 0 Å². The van der Waals surface area contributed by atoms with E-state index in [4.69, 9.17) is 4.42 Å². The number of phenols is 1. The van der Waals surface area contributed by atoms with E-state index in [0.29, 0.717) is 18.3 Å². The fourth-order valence-electron chi connectivity index (χ4n) is 2.59. The minimum atomic E-state index is -0.484. The van der Waals surface area contributed by atoms with Crippen LogP contribution in [0.5, 0.6) is 5.75 Å². The van der Waals surface area contributed by atoms with Crippen molar-refractivity contribution in [2.45, 2.75) is 32.1 Å². The molecule has 0 spiro atoms. The molecule has 1 aromatic heterocycles. The summed E-state index contributed by atoms with van der Waals surface area (Å²) in [6.45, 7) is 2.19. The number of aromatic hydroxyl groups is 1. The van der Waals surface area contributed by atoms with Gasteiger partial charge in [0.2, 0.25) is 5.91 Å². The summed E-state index contributed by atoms with van der Waals surface area (Å²) in [4.78, 5) is 23.6. The molecule has 0 aliphatic heterocycles. The zero-order valence-electron chi connectivity index (χ0n) is 13.4. The maximum Gasteiger partial charge on any atom is 0.269 e. The van der Waals surface area contributed by atoms with Crippen molar-refractivity contribution in [3.05, 3.63) is 53.5 Å². The van der Waals surface area contributed by atoms with Crippen LogP contribution in [0.4, 0.5) is 0 Å². The summed E-state index contributed by atoms with van der Waals surface area (Å²) in [5, 5.41) is 9.33. The Morgan fingerprint density at radius 3 is 2.75 bits per heavy atom. The Labute approximate surface area is 139 Å². The molecule has 1 aromatic carbocycles. The summed E-state index contributed by atoms with van der Waals surface area (Å²) in [7, 11) is 0. The van der Waals surface area contributed by atoms with Crippen molar-refractivity contribution >= 4 is 11.8 Å². The van der Waals surface area contributed by atoms with E-state index in [1.165, 1.54) is 12.1 Å². The van der Waals surface area contributed by atoms with Gasteiger partial charge in [-0.25, -0.2) is 0 Å². The van der Waals surface area contributed by atoms with Crippen molar-refractivity contribution in [1.82, 2.24) is 10.9 Å². The van der Waals surface area contributed by atoms with Crippen LogP contribution >= 0.6 is 0 Å². The Bertz CT molecular complexity index is 753. The summed E-state index contributed by atoms with van der Waals surface area (Å²) in [5.74, 6) is 2.18. The Hall–Kier alpha value is -2.76. The Morgan fingerprint density at radius 1 is 1.25 bits per heavy atom. The summed E-state index contributed by atoms with van der Waals surface area (Å²) in [6, 6.07) is 9.77. The summed E-state index contributed by atoms with van der Waals surface area (Å²) >= 11 is 0. The highest BCUT2D eigenvalue weighted by molar-refractivity contribution is 5.95. The van der Waals surface area contributed by atoms with Gasteiger partial charge in [0, 0.05) is 24.3 Å². The number of hydrogen-bond donors (Lipinski definition) is 3. The SMILES string of the molecule is C[C@H]1C[C@@H]1c1ccc(CCC(=O)NNC(=O)c2cccc(O)c2)o1. The summed E-state index contributed by atoms with van der Waals surface area (Å²) < 4.78 is 5.74. The van der Waals surface area contributed by atoms with Crippen LogP contribution in [0, 0.1) is 5.92 Å². The molecule has 0 bridgehead atoms. The number of amides is 2. The minimum Gasteiger partial charge on any atom is -0.508 e. The largest absolute Gasteiger partial charge is 0.508 e. The summed E-state index contributed by atoms with van der Waals surface area (Å²) in [6.07, 6.45) is 1.86. The van der Waals surface area contributed by atoms with Crippen molar-refractivity contribution < 1.29 is 19.1 Å². The summed E-state index contributed by atoms with van der Waals surface area (Å²) in [5.41, 5.74) is 4.95. The lowest BCUT2D eigenvalue weighted by atomic mass is 10.2. The highest BCUT2D eigenvalue weighted by Crippen LogP contribution is 2.47. The van der Waals surface area contributed by atoms with Crippen LogP contribution in [-0.4, -0.2) is 16.9 Å². The first-order valence-corrected chi connectivity index (χ1v) is 8.00. The molecular formula is C18H20N2O4. The van der Waals surface area contributed by atoms with Crippen LogP contribution in [0.25, 0.3) is 0 Å². The van der Waals surface area contributed by atoms with Gasteiger partial charge in [0.25, 0.3) is 5.91 Å². The van der Waals surface area contributed by atoms with Gasteiger partial charge < -0.3 is 9.52 Å². The molecule has 126 valence electrons. The molecule has 2 amide bonds. The number of benzene rings is 1. The molecule has 3 N–H and O–H groups in total. The van der Waals surface area contributed by atoms with Crippen molar-refractivity contribution in [3.8, 4) is 5.75 Å². The second kappa shape index (κ2) is 6.78. The highest BCUT2D eigenvalue weighted by Gasteiger charge is 2.36. The van der Waals surface area contributed by atoms with E-state index in [2.05, 4.69) is 17.8 Å². The number of furan rings is 1. The van der Waals surface area contributed by atoms with E-state index >= 15 is 0 Å². The molecule has 1 aliphatic rings. The second-order valence-corrected chi connectivity index (χ2v) is 6.18. The number of hydrogen-bond acceptors (Lipinski definition) is 4. The van der Waals surface area contributed by atoms with Gasteiger partial charge in [-0.1, -0.05) is 13.0 Å². The predicted octanol–water partition coefficient (Wildman–Crippen LogP) is 2.50. The molecule has 1 saturated carbocycles. The molecule has 1 heterocycles. The zero-order chi connectivity index (χ0) is 17.1. The average Bonchev–Trinajstić information content (AvgIpc) is 3.11. The van der Waals surface area contributed by atoms with Crippen LogP contribution in [-0.2, 0) is 11.2 Å². The van der Waals surface area contributed by atoms with Crippen LogP contribution in [0.15, 0.2) is 40.8 Å². The van der Waals surface area contributed by atoms with E-state index in [1.807, 2.05) is 12.1 Å². The molecule has 3 rings (SSSR count). The van der Waals surface area contributed by atoms with Crippen LogP contribution in [0.2, 0.25) is 0 Å². The standard InChI is InChI=1S/C18H20N2O4/c1-11-9-15(11)16-7-5-14(24-16)6-8-17(22)19-20-18(23)12-3-2-4-13(21)10-12/h2-5,7,10-11,15,21H,6,8-9H2,1H3,(H,19,22)(H,20,23)/t11-,15-/m0/s1. The smallest absolute Gasteiger partial charge is 0.269 e. The third kappa shape index (κ3) is 3.95. The molecular weight excluding hydrogens is 308 g/mol. The van der Waals surface area contributed by atoms with Gasteiger partial charge in [0.15, 0.2) is 0 Å². The van der Waals surface area contributed by atoms with Gasteiger partial charge in [0.1, 0.15) is 17.3 Å². The first-order valence-electron chi connectivity index (χ1n) is 8.00. The van der Waals surface area contributed by atoms with Crippen LogP contribution < -0.4 is 10.9 Å². The van der Waals surface area contributed by atoms with E-state index < -0.39 is 5.91 Å². The zero-order valence-corrected chi connectivity index (χ0v) is 13.4. The van der Waals surface area contributed by atoms with Crippen molar-refractivity contribution in [1.29, 1.82) is 0 Å². The second-order valence-electron chi connectivity index (χ2n) is 6.18. The number of carbonyl (C=O) groups is 2. The number of rotatable bonds is 5. The number of aryl methyl sites for hydroxylation is 1. The van der Waals surface area contributed by atoms with E-state index in [-0.39, 0.29) is 23.6 Å². The molecule has 6 heteroatoms. The molecule has 0 radical (unpaired) electrons. The predicted molar refractivity (Wildman–Crippen MR) is 87.3 cm³/mol. The number of nitrogens with one attached hydrogen (secondary N) is 2. The number of carbonyl (C=O) groups excluding carboxylic acids is 2. The maximum absolute atomic E-state index is 11.8. The fraction of sp³-hybridized carbons (Fsp3) is 0.333. The molecule has 24 heavy (non-hydrogen) atoms. The molecule has 1 aliphatic carbocycles. The Balaban J connectivity index is 1.42. The van der Waals surface area contributed by atoms with Crippen LogP contribution in [0.1, 0.15) is 47.6 Å². The molecule has 2 aromatic rings. The Morgan fingerprint density at radius 2 is 2.04 bits per heavy atom. The molecule has 0 unspecified atom stereocenters. The molecule has 6 nitrogen and oxygen atoms in total. The van der Waals surface area contributed by atoms with Crippen molar-refractivity contribution in [3.63, 3.8) is 0 Å². The quantitative estimate of drug-likeness (QED) is 0.735. The van der Waals surface area contributed by atoms with E-state index in [9.17, 15) is 14.7 Å². The lowest BCUT2D eigenvalue weighted by Gasteiger charge is -2.07. The van der Waals surface area contributed by atoms with E-state index in [0.717, 1.165) is 17.9 Å². The highest BCUT2D eigenvalue weighted by atomic mass is 16.3. The maximum atomic E-state index is 11.8. The topological polar surface area (TPSA) is 91.6 Å². The third-order valence-corrected chi connectivity index (χ3v) is 4.18. The number of phenolic OH excluding ortho intramolecular Hbond substituents is 1. The van der Waals surface area contributed by atoms with Gasteiger partial charge in [-0.15, -0.1) is 0 Å². The van der Waals surface area contributed by atoms with E-state index in [1.54, 1.807) is 12.1 Å². The monoisotopic (exact) mass is 328 g/mol. The van der Waals surface area contributed by atoms with Gasteiger partial charge in [-0.3, -0.25) is 20.4 Å².